The smallest absolute Gasteiger partial charge is 0.222 e. The van der Waals surface area contributed by atoms with Gasteiger partial charge in [-0.05, 0) is 32.3 Å². The van der Waals surface area contributed by atoms with Gasteiger partial charge in [-0.25, -0.2) is 9.97 Å². The van der Waals surface area contributed by atoms with Crippen molar-refractivity contribution in [1.82, 2.24) is 14.9 Å². The number of hydrogen-bond acceptors (Lipinski definition) is 4. The van der Waals surface area contributed by atoms with Crippen LogP contribution in [-0.2, 0) is 4.79 Å². The molecule has 1 aliphatic heterocycles. The molecule has 168 valence electrons. The van der Waals surface area contributed by atoms with Crippen LogP contribution in [0.2, 0.25) is 0 Å². The number of carbonyl (C=O) groups excluding carboxylic acids is 1. The highest BCUT2D eigenvalue weighted by Crippen LogP contribution is 2.31. The van der Waals surface area contributed by atoms with Gasteiger partial charge in [0.25, 0.3) is 0 Å². The molecule has 31 heavy (non-hydrogen) atoms. The minimum atomic E-state index is 0.305. The standard InChI is InChI=1S/C26H38N4O/c1-6-7-8-9-13-23(31)29-14-16-30(17-15-29)26-24(19(2)3)21(5)27-25(28-26)22-12-10-11-20(4)18-22/h10-12,18-19H,6-9,13-17H2,1-5H3. The number of benzene rings is 1. The van der Waals surface area contributed by atoms with E-state index in [2.05, 4.69) is 63.8 Å². The first-order valence-electron chi connectivity index (χ1n) is 11.9. The van der Waals surface area contributed by atoms with E-state index in [1.54, 1.807) is 0 Å². The van der Waals surface area contributed by atoms with Crippen LogP contribution in [0, 0.1) is 13.8 Å². The molecule has 0 spiro atoms. The molecule has 0 atom stereocenters. The zero-order valence-corrected chi connectivity index (χ0v) is 19.9. The summed E-state index contributed by atoms with van der Waals surface area (Å²) >= 11 is 0. The number of aromatic nitrogens is 2. The molecule has 0 unspecified atom stereocenters. The minimum Gasteiger partial charge on any atom is -0.353 e. The van der Waals surface area contributed by atoms with Crippen LogP contribution in [0.15, 0.2) is 24.3 Å². The van der Waals surface area contributed by atoms with Gasteiger partial charge in [-0.3, -0.25) is 4.79 Å². The molecule has 1 amide bonds. The predicted octanol–water partition coefficient (Wildman–Crippen LogP) is 5.50. The zero-order valence-electron chi connectivity index (χ0n) is 19.9. The summed E-state index contributed by atoms with van der Waals surface area (Å²) in [6.07, 6.45) is 5.27. The molecule has 0 radical (unpaired) electrons. The number of carbonyl (C=O) groups is 1. The Morgan fingerprint density at radius 1 is 1.03 bits per heavy atom. The van der Waals surface area contributed by atoms with E-state index >= 15 is 0 Å². The van der Waals surface area contributed by atoms with E-state index in [4.69, 9.17) is 9.97 Å². The lowest BCUT2D eigenvalue weighted by Gasteiger charge is -2.37. The molecular weight excluding hydrogens is 384 g/mol. The SMILES string of the molecule is CCCCCCC(=O)N1CCN(c2nc(-c3cccc(C)c3)nc(C)c2C(C)C)CC1. The molecule has 0 N–H and O–H groups in total. The number of unbranched alkanes of at least 4 members (excludes halogenated alkanes) is 3. The van der Waals surface area contributed by atoms with Gasteiger partial charge in [-0.1, -0.05) is 63.8 Å². The maximum Gasteiger partial charge on any atom is 0.222 e. The molecule has 1 aliphatic rings. The van der Waals surface area contributed by atoms with Crippen LogP contribution in [0.4, 0.5) is 5.82 Å². The number of piperazine rings is 1. The van der Waals surface area contributed by atoms with Gasteiger partial charge in [-0.2, -0.15) is 0 Å². The predicted molar refractivity (Wildman–Crippen MR) is 129 cm³/mol. The summed E-state index contributed by atoms with van der Waals surface area (Å²) in [6.45, 7) is 14.0. The summed E-state index contributed by atoms with van der Waals surface area (Å²) in [5.41, 5.74) is 4.53. The van der Waals surface area contributed by atoms with Gasteiger partial charge in [0.05, 0.1) is 0 Å². The Kier molecular flexibility index (Phi) is 8.05. The number of amides is 1. The normalized spacial score (nSPS) is 14.4. The van der Waals surface area contributed by atoms with Gasteiger partial charge in [0.15, 0.2) is 5.82 Å². The van der Waals surface area contributed by atoms with E-state index in [9.17, 15) is 4.79 Å². The first kappa shape index (κ1) is 23.2. The minimum absolute atomic E-state index is 0.305. The lowest BCUT2D eigenvalue weighted by atomic mass is 10.0. The molecule has 5 nitrogen and oxygen atoms in total. The highest BCUT2D eigenvalue weighted by Gasteiger charge is 2.26. The van der Waals surface area contributed by atoms with Crippen molar-refractivity contribution in [2.45, 2.75) is 72.6 Å². The summed E-state index contributed by atoms with van der Waals surface area (Å²) in [4.78, 5) is 26.9. The Morgan fingerprint density at radius 3 is 2.42 bits per heavy atom. The number of nitrogens with zero attached hydrogens (tertiary/aromatic N) is 4. The summed E-state index contributed by atoms with van der Waals surface area (Å²) in [7, 11) is 0. The monoisotopic (exact) mass is 422 g/mol. The average Bonchev–Trinajstić information content (AvgIpc) is 2.76. The molecule has 1 aromatic carbocycles. The van der Waals surface area contributed by atoms with Crippen molar-refractivity contribution >= 4 is 11.7 Å². The second-order valence-electron chi connectivity index (χ2n) is 9.07. The van der Waals surface area contributed by atoms with E-state index in [0.717, 1.165) is 61.9 Å². The van der Waals surface area contributed by atoms with E-state index in [1.807, 2.05) is 4.90 Å². The van der Waals surface area contributed by atoms with Crippen molar-refractivity contribution in [2.75, 3.05) is 31.1 Å². The van der Waals surface area contributed by atoms with Gasteiger partial charge in [0, 0.05) is 49.4 Å². The Balaban J connectivity index is 1.77. The van der Waals surface area contributed by atoms with E-state index in [1.165, 1.54) is 24.0 Å². The van der Waals surface area contributed by atoms with Crippen LogP contribution in [0.1, 0.15) is 75.6 Å². The summed E-state index contributed by atoms with van der Waals surface area (Å²) in [6, 6.07) is 8.38. The molecule has 0 aliphatic carbocycles. The third-order valence-corrected chi connectivity index (χ3v) is 6.15. The second-order valence-corrected chi connectivity index (χ2v) is 9.07. The van der Waals surface area contributed by atoms with Crippen molar-refractivity contribution in [1.29, 1.82) is 0 Å². The fourth-order valence-corrected chi connectivity index (χ4v) is 4.43. The summed E-state index contributed by atoms with van der Waals surface area (Å²) in [5.74, 6) is 2.48. The third-order valence-electron chi connectivity index (χ3n) is 6.15. The van der Waals surface area contributed by atoms with Gasteiger partial charge >= 0.3 is 0 Å². The third kappa shape index (κ3) is 5.84. The first-order valence-corrected chi connectivity index (χ1v) is 11.9. The molecule has 5 heteroatoms. The molecular formula is C26H38N4O. The molecule has 1 saturated heterocycles. The van der Waals surface area contributed by atoms with Crippen LogP contribution in [-0.4, -0.2) is 47.0 Å². The summed E-state index contributed by atoms with van der Waals surface area (Å²) in [5, 5.41) is 0. The number of rotatable bonds is 8. The van der Waals surface area contributed by atoms with Crippen molar-refractivity contribution in [3.8, 4) is 11.4 Å². The van der Waals surface area contributed by atoms with Crippen LogP contribution in [0.25, 0.3) is 11.4 Å². The van der Waals surface area contributed by atoms with Crippen LogP contribution < -0.4 is 4.90 Å². The van der Waals surface area contributed by atoms with Crippen molar-refractivity contribution in [3.63, 3.8) is 0 Å². The zero-order chi connectivity index (χ0) is 22.4. The highest BCUT2D eigenvalue weighted by molar-refractivity contribution is 5.76. The largest absolute Gasteiger partial charge is 0.353 e. The van der Waals surface area contributed by atoms with E-state index < -0.39 is 0 Å². The summed E-state index contributed by atoms with van der Waals surface area (Å²) < 4.78 is 0. The molecule has 2 heterocycles. The Hall–Kier alpha value is -2.43. The number of hydrogen-bond donors (Lipinski definition) is 0. The first-order chi connectivity index (χ1) is 14.9. The topological polar surface area (TPSA) is 49.3 Å². The van der Waals surface area contributed by atoms with Crippen LogP contribution in [0.5, 0.6) is 0 Å². The molecule has 0 bridgehead atoms. The van der Waals surface area contributed by atoms with Crippen molar-refractivity contribution in [2.24, 2.45) is 0 Å². The second kappa shape index (κ2) is 10.7. The maximum atomic E-state index is 12.6. The van der Waals surface area contributed by atoms with Gasteiger partial charge in [0.2, 0.25) is 5.91 Å². The highest BCUT2D eigenvalue weighted by atomic mass is 16.2. The van der Waals surface area contributed by atoms with Crippen molar-refractivity contribution in [3.05, 3.63) is 41.1 Å². The molecule has 3 rings (SSSR count). The maximum absolute atomic E-state index is 12.6. The van der Waals surface area contributed by atoms with Gasteiger partial charge in [-0.15, -0.1) is 0 Å². The molecule has 1 aromatic heterocycles. The van der Waals surface area contributed by atoms with Gasteiger partial charge in [0.1, 0.15) is 5.82 Å². The van der Waals surface area contributed by atoms with Crippen LogP contribution in [0.3, 0.4) is 0 Å². The number of anilines is 1. The van der Waals surface area contributed by atoms with Crippen LogP contribution >= 0.6 is 0 Å². The van der Waals surface area contributed by atoms with Crippen molar-refractivity contribution < 1.29 is 4.79 Å². The fraction of sp³-hybridized carbons (Fsp3) is 0.577. The fourth-order valence-electron chi connectivity index (χ4n) is 4.43. The number of aryl methyl sites for hydroxylation is 2. The average molecular weight is 423 g/mol. The van der Waals surface area contributed by atoms with Gasteiger partial charge < -0.3 is 9.80 Å². The van der Waals surface area contributed by atoms with E-state index in [0.29, 0.717) is 18.2 Å². The molecule has 0 saturated carbocycles. The Bertz CT molecular complexity index is 885. The quantitative estimate of drug-likeness (QED) is 0.527. The Morgan fingerprint density at radius 2 is 1.77 bits per heavy atom. The lowest BCUT2D eigenvalue weighted by Crippen LogP contribution is -2.49. The lowest BCUT2D eigenvalue weighted by molar-refractivity contribution is -0.131. The molecule has 1 fully saturated rings. The Labute approximate surface area is 187 Å². The molecule has 2 aromatic rings. The van der Waals surface area contributed by atoms with E-state index in [-0.39, 0.29) is 0 Å².